The third-order valence-corrected chi connectivity index (χ3v) is 0.838. The molecule has 2 aliphatic rings. The first-order chi connectivity index (χ1) is 5.97. The van der Waals surface area contributed by atoms with Gasteiger partial charge in [-0.15, -0.1) is 33.6 Å². The quantitative estimate of drug-likeness (QED) is 0.491. The Morgan fingerprint density at radius 2 is 0.833 bits per heavy atom. The largest absolute Gasteiger partial charge is 0.248 e. The SMILES string of the molecule is C=C.N1=NC(=C2N=NN=N2)N=N1. The highest BCUT2D eigenvalue weighted by molar-refractivity contribution is 5.08. The van der Waals surface area contributed by atoms with Gasteiger partial charge < -0.3 is 0 Å². The Bertz CT molecular complexity index is 249. The molecule has 0 aromatic rings. The molecule has 0 aromatic carbocycles. The summed E-state index contributed by atoms with van der Waals surface area (Å²) in [6.07, 6.45) is 0. The van der Waals surface area contributed by atoms with Gasteiger partial charge in [0.05, 0.1) is 0 Å². The zero-order valence-corrected chi connectivity index (χ0v) is 5.99. The highest BCUT2D eigenvalue weighted by Gasteiger charge is 2.10. The summed E-state index contributed by atoms with van der Waals surface area (Å²) in [4.78, 5) is 0. The first-order valence-corrected chi connectivity index (χ1v) is 2.84. The lowest BCUT2D eigenvalue weighted by molar-refractivity contribution is 1.06. The van der Waals surface area contributed by atoms with Crippen LogP contribution in [0.1, 0.15) is 0 Å². The van der Waals surface area contributed by atoms with Crippen molar-refractivity contribution < 1.29 is 0 Å². The molecule has 8 heteroatoms. The Labute approximate surface area is 67.2 Å². The standard InChI is InChI=1S/C2N8.C2H4/c3-1(4-8-7-3)2-5-9-10-6-2;1-2/h;1-2H2. The molecule has 0 aromatic heterocycles. The maximum absolute atomic E-state index is 3.48. The van der Waals surface area contributed by atoms with Gasteiger partial charge in [-0.2, -0.15) is 0 Å². The third kappa shape index (κ3) is 1.48. The smallest absolute Gasteiger partial charge is 0.106 e. The van der Waals surface area contributed by atoms with Crippen LogP contribution in [0, 0.1) is 0 Å². The molecule has 12 heavy (non-hydrogen) atoms. The lowest BCUT2D eigenvalue weighted by Crippen LogP contribution is -1.71. The normalized spacial score (nSPS) is 17.0. The van der Waals surface area contributed by atoms with Crippen molar-refractivity contribution in [2.24, 2.45) is 41.4 Å². The van der Waals surface area contributed by atoms with Crippen molar-refractivity contribution in [3.8, 4) is 0 Å². The molecular formula is C4H4N8. The Morgan fingerprint density at radius 1 is 0.583 bits per heavy atom. The molecule has 0 atom stereocenters. The van der Waals surface area contributed by atoms with E-state index in [9.17, 15) is 0 Å². The maximum Gasteiger partial charge on any atom is 0.248 e. The first kappa shape index (κ1) is 7.98. The van der Waals surface area contributed by atoms with Gasteiger partial charge in [0.25, 0.3) is 0 Å². The van der Waals surface area contributed by atoms with Crippen LogP contribution in [0.25, 0.3) is 0 Å². The van der Waals surface area contributed by atoms with E-state index < -0.39 is 0 Å². The fourth-order valence-electron chi connectivity index (χ4n) is 0.468. The van der Waals surface area contributed by atoms with Crippen LogP contribution in [0.15, 0.2) is 66.1 Å². The van der Waals surface area contributed by atoms with Crippen molar-refractivity contribution in [2.45, 2.75) is 0 Å². The summed E-state index contributed by atoms with van der Waals surface area (Å²) >= 11 is 0. The summed E-state index contributed by atoms with van der Waals surface area (Å²) in [5.41, 5.74) is 0. The summed E-state index contributed by atoms with van der Waals surface area (Å²) in [5, 5.41) is 26.9. The second kappa shape index (κ2) is 3.91. The molecule has 2 heterocycles. The summed E-state index contributed by atoms with van der Waals surface area (Å²) in [7, 11) is 0. The van der Waals surface area contributed by atoms with Crippen molar-refractivity contribution in [1.29, 1.82) is 0 Å². The highest BCUT2D eigenvalue weighted by Crippen LogP contribution is 2.19. The van der Waals surface area contributed by atoms with E-state index in [4.69, 9.17) is 0 Å². The van der Waals surface area contributed by atoms with E-state index >= 15 is 0 Å². The minimum Gasteiger partial charge on any atom is -0.106 e. The van der Waals surface area contributed by atoms with E-state index in [1.165, 1.54) is 0 Å². The van der Waals surface area contributed by atoms with Crippen LogP contribution in [-0.2, 0) is 0 Å². The van der Waals surface area contributed by atoms with Gasteiger partial charge in [-0.1, -0.05) is 0 Å². The van der Waals surface area contributed by atoms with Crippen molar-refractivity contribution in [1.82, 2.24) is 0 Å². The maximum atomic E-state index is 3.48. The molecule has 0 aliphatic carbocycles. The Balaban J connectivity index is 0.000000336. The molecule has 0 radical (unpaired) electrons. The Hall–Kier alpha value is -2.12. The van der Waals surface area contributed by atoms with Crippen LogP contribution in [-0.4, -0.2) is 0 Å². The average Bonchev–Trinajstić information content (AvgIpc) is 2.80. The van der Waals surface area contributed by atoms with Crippen LogP contribution < -0.4 is 0 Å². The van der Waals surface area contributed by atoms with Crippen molar-refractivity contribution >= 4 is 0 Å². The van der Waals surface area contributed by atoms with Gasteiger partial charge in [-0.05, 0) is 20.9 Å². The third-order valence-electron chi connectivity index (χ3n) is 0.838. The predicted molar refractivity (Wildman–Crippen MR) is 37.7 cm³/mol. The molecule has 0 saturated heterocycles. The second-order valence-electron chi connectivity index (χ2n) is 1.40. The second-order valence-corrected chi connectivity index (χ2v) is 1.40. The highest BCUT2D eigenvalue weighted by atomic mass is 15.6. The summed E-state index contributed by atoms with van der Waals surface area (Å²) < 4.78 is 0. The van der Waals surface area contributed by atoms with Gasteiger partial charge in [-0.3, -0.25) is 0 Å². The van der Waals surface area contributed by atoms with E-state index in [0.717, 1.165) is 0 Å². The predicted octanol–water partition coefficient (Wildman–Crippen LogP) is 2.58. The molecular weight excluding hydrogens is 160 g/mol. The van der Waals surface area contributed by atoms with Crippen molar-refractivity contribution in [3.05, 3.63) is 24.8 Å². The molecule has 0 spiro atoms. The summed E-state index contributed by atoms with van der Waals surface area (Å²) in [6, 6.07) is 0. The van der Waals surface area contributed by atoms with Gasteiger partial charge in [0, 0.05) is 0 Å². The van der Waals surface area contributed by atoms with E-state index in [-0.39, 0.29) is 11.6 Å². The number of nitrogens with zero attached hydrogens (tertiary/aromatic N) is 8. The topological polar surface area (TPSA) is 98.9 Å². The van der Waals surface area contributed by atoms with Crippen LogP contribution in [0.3, 0.4) is 0 Å². The number of rotatable bonds is 0. The molecule has 8 nitrogen and oxygen atoms in total. The lowest BCUT2D eigenvalue weighted by atomic mass is 10.7. The number of hydrogen-bond acceptors (Lipinski definition) is 8. The van der Waals surface area contributed by atoms with Crippen molar-refractivity contribution in [2.75, 3.05) is 0 Å². The summed E-state index contributed by atoms with van der Waals surface area (Å²) in [6.45, 7) is 6.00. The minimum absolute atomic E-state index is 0.241. The van der Waals surface area contributed by atoms with Crippen LogP contribution >= 0.6 is 0 Å². The molecule has 0 fully saturated rings. The van der Waals surface area contributed by atoms with Gasteiger partial charge >= 0.3 is 0 Å². The molecule has 0 bridgehead atoms. The van der Waals surface area contributed by atoms with Crippen LogP contribution in [0.2, 0.25) is 0 Å². The molecule has 0 amide bonds. The molecule has 60 valence electrons. The number of hydrogen-bond donors (Lipinski definition) is 0. The minimum atomic E-state index is 0.241. The van der Waals surface area contributed by atoms with Gasteiger partial charge in [0.2, 0.25) is 11.6 Å². The van der Waals surface area contributed by atoms with E-state index in [2.05, 4.69) is 54.5 Å². The van der Waals surface area contributed by atoms with E-state index in [0.29, 0.717) is 0 Å². The van der Waals surface area contributed by atoms with Gasteiger partial charge in [0.15, 0.2) is 0 Å². The molecule has 0 N–H and O–H groups in total. The Kier molecular flexibility index (Phi) is 2.60. The fourth-order valence-corrected chi connectivity index (χ4v) is 0.468. The van der Waals surface area contributed by atoms with Gasteiger partial charge in [0.1, 0.15) is 0 Å². The molecule has 0 unspecified atom stereocenters. The molecule has 2 aliphatic heterocycles. The first-order valence-electron chi connectivity index (χ1n) is 2.84. The van der Waals surface area contributed by atoms with Crippen LogP contribution in [0.5, 0.6) is 0 Å². The van der Waals surface area contributed by atoms with Crippen molar-refractivity contribution in [3.63, 3.8) is 0 Å². The van der Waals surface area contributed by atoms with Gasteiger partial charge in [-0.25, -0.2) is 0 Å². The van der Waals surface area contributed by atoms with E-state index in [1.807, 2.05) is 0 Å². The van der Waals surface area contributed by atoms with E-state index in [1.54, 1.807) is 0 Å². The monoisotopic (exact) mass is 164 g/mol. The fraction of sp³-hybridized carbons (Fsp3) is 0. The zero-order chi connectivity index (χ0) is 8.81. The Morgan fingerprint density at radius 3 is 1.08 bits per heavy atom. The summed E-state index contributed by atoms with van der Waals surface area (Å²) in [5.74, 6) is 0.481. The van der Waals surface area contributed by atoms with Crippen LogP contribution in [0.4, 0.5) is 0 Å². The lowest BCUT2D eigenvalue weighted by Gasteiger charge is -1.79. The average molecular weight is 164 g/mol. The molecule has 0 saturated carbocycles. The zero-order valence-electron chi connectivity index (χ0n) is 5.99. The molecule has 2 rings (SSSR count).